The number of anilines is 1. The molecule has 1 amide bonds. The van der Waals surface area contributed by atoms with E-state index in [2.05, 4.69) is 15.5 Å². The maximum Gasteiger partial charge on any atom is 0.280 e. The monoisotopic (exact) mass is 391 g/mol. The maximum atomic E-state index is 13.6. The molecule has 4 rings (SSSR count). The number of aryl methyl sites for hydroxylation is 2. The normalized spacial score (nSPS) is 11.0. The molecule has 0 aliphatic rings. The van der Waals surface area contributed by atoms with E-state index in [-0.39, 0.29) is 11.1 Å². The van der Waals surface area contributed by atoms with E-state index in [0.29, 0.717) is 17.7 Å². The van der Waals surface area contributed by atoms with Crippen LogP contribution < -0.4 is 10.7 Å². The fraction of sp³-hybridized carbons (Fsp3) is 0.143. The zero-order valence-electron chi connectivity index (χ0n) is 15.9. The Morgan fingerprint density at radius 1 is 1.21 bits per heavy atom. The van der Waals surface area contributed by atoms with Crippen LogP contribution in [0.5, 0.6) is 0 Å². The molecule has 0 aliphatic carbocycles. The van der Waals surface area contributed by atoms with Crippen LogP contribution in [0.25, 0.3) is 10.9 Å². The Kier molecular flexibility index (Phi) is 4.67. The van der Waals surface area contributed by atoms with Crippen molar-refractivity contribution in [2.75, 3.05) is 5.32 Å². The summed E-state index contributed by atoms with van der Waals surface area (Å²) in [5, 5.41) is 11.0. The minimum Gasteiger partial charge on any atom is -0.318 e. The first-order valence-corrected chi connectivity index (χ1v) is 8.97. The number of carbonyl (C=O) groups excluding carboxylic acids is 1. The van der Waals surface area contributed by atoms with Crippen molar-refractivity contribution in [1.82, 2.24) is 19.6 Å². The van der Waals surface area contributed by atoms with Crippen molar-refractivity contribution in [3.63, 3.8) is 0 Å². The van der Waals surface area contributed by atoms with Crippen LogP contribution >= 0.6 is 0 Å². The van der Waals surface area contributed by atoms with Crippen molar-refractivity contribution in [1.29, 1.82) is 0 Å². The second kappa shape index (κ2) is 7.31. The van der Waals surface area contributed by atoms with Crippen LogP contribution in [0.3, 0.4) is 0 Å². The Hall–Kier alpha value is -3.81. The largest absolute Gasteiger partial charge is 0.318 e. The fourth-order valence-corrected chi connectivity index (χ4v) is 3.16. The molecule has 4 aromatic rings. The summed E-state index contributed by atoms with van der Waals surface area (Å²) in [5.74, 6) is -1.23. The molecule has 2 aromatic heterocycles. The zero-order valence-corrected chi connectivity index (χ0v) is 15.9. The Balaban J connectivity index is 1.59. The summed E-state index contributed by atoms with van der Waals surface area (Å²) in [6, 6.07) is 11.8. The Morgan fingerprint density at radius 2 is 2.00 bits per heavy atom. The highest BCUT2D eigenvalue weighted by atomic mass is 19.1. The lowest BCUT2D eigenvalue weighted by atomic mass is 10.1. The minimum absolute atomic E-state index is 0.0999. The second-order valence-electron chi connectivity index (χ2n) is 6.77. The van der Waals surface area contributed by atoms with Crippen molar-refractivity contribution < 1.29 is 9.18 Å². The number of fused-ring (bicyclic) bond motifs is 1. The topological polar surface area (TPSA) is 81.8 Å². The quantitative estimate of drug-likeness (QED) is 0.580. The number of halogens is 1. The number of amides is 1. The van der Waals surface area contributed by atoms with Crippen molar-refractivity contribution in [2.45, 2.75) is 13.5 Å². The number of hydrogen-bond donors (Lipinski definition) is 1. The molecule has 0 atom stereocenters. The summed E-state index contributed by atoms with van der Waals surface area (Å²) in [5.41, 5.74) is 2.20. The van der Waals surface area contributed by atoms with Crippen molar-refractivity contribution >= 4 is 22.5 Å². The summed E-state index contributed by atoms with van der Waals surface area (Å²) >= 11 is 0. The van der Waals surface area contributed by atoms with Gasteiger partial charge >= 0.3 is 0 Å². The van der Waals surface area contributed by atoms with E-state index in [9.17, 15) is 14.0 Å². The summed E-state index contributed by atoms with van der Waals surface area (Å²) in [7, 11) is 1.59. The molecule has 0 saturated heterocycles. The van der Waals surface area contributed by atoms with E-state index >= 15 is 0 Å². The Labute approximate surface area is 165 Å². The van der Waals surface area contributed by atoms with Gasteiger partial charge in [0.15, 0.2) is 5.69 Å². The molecule has 146 valence electrons. The lowest BCUT2D eigenvalue weighted by Crippen LogP contribution is -2.26. The number of nitrogens with zero attached hydrogens (tertiary/aromatic N) is 4. The van der Waals surface area contributed by atoms with E-state index in [1.807, 2.05) is 31.2 Å². The van der Waals surface area contributed by atoms with Crippen LogP contribution in [0, 0.1) is 12.7 Å². The maximum absolute atomic E-state index is 13.6. The number of carbonyl (C=O) groups is 1. The zero-order chi connectivity index (χ0) is 20.5. The average molecular weight is 391 g/mol. The van der Waals surface area contributed by atoms with Crippen LogP contribution in [0.15, 0.2) is 59.7 Å². The molecule has 2 aromatic carbocycles. The molecular weight excluding hydrogens is 373 g/mol. The first-order chi connectivity index (χ1) is 13.9. The van der Waals surface area contributed by atoms with Gasteiger partial charge in [0.05, 0.1) is 29.3 Å². The van der Waals surface area contributed by atoms with Gasteiger partial charge in [0, 0.05) is 13.2 Å². The number of hydrogen-bond acceptors (Lipinski definition) is 4. The van der Waals surface area contributed by atoms with Crippen LogP contribution in [0.2, 0.25) is 0 Å². The molecule has 1 N–H and O–H groups in total. The van der Waals surface area contributed by atoms with Gasteiger partial charge in [-0.05, 0) is 36.2 Å². The van der Waals surface area contributed by atoms with Crippen LogP contribution in [0.4, 0.5) is 10.1 Å². The molecule has 0 saturated carbocycles. The lowest BCUT2D eigenvalue weighted by Gasteiger charge is -2.08. The Morgan fingerprint density at radius 3 is 2.79 bits per heavy atom. The number of nitrogens with one attached hydrogen (secondary N) is 1. The van der Waals surface area contributed by atoms with E-state index in [1.54, 1.807) is 17.9 Å². The fourth-order valence-electron chi connectivity index (χ4n) is 3.16. The van der Waals surface area contributed by atoms with Crippen molar-refractivity contribution in [3.05, 3.63) is 87.7 Å². The molecule has 2 heterocycles. The standard InChI is InChI=1S/C21H18FN5O2/c1-13-5-3-4-6-14(13)11-27-12-16(10-23-27)24-21(29)19-20(28)17-9-15(22)7-8-18(17)26(2)25-19/h3-10,12H,11H2,1-2H3,(H,24,29). The minimum atomic E-state index is -0.674. The van der Waals surface area contributed by atoms with E-state index in [0.717, 1.165) is 17.2 Å². The number of benzene rings is 2. The van der Waals surface area contributed by atoms with Gasteiger partial charge in [-0.1, -0.05) is 24.3 Å². The highest BCUT2D eigenvalue weighted by Gasteiger charge is 2.18. The molecule has 0 spiro atoms. The second-order valence-corrected chi connectivity index (χ2v) is 6.77. The first-order valence-electron chi connectivity index (χ1n) is 8.97. The third-order valence-electron chi connectivity index (χ3n) is 4.72. The predicted octanol–water partition coefficient (Wildman–Crippen LogP) is 2.88. The molecule has 0 unspecified atom stereocenters. The third kappa shape index (κ3) is 3.64. The summed E-state index contributed by atoms with van der Waals surface area (Å²) < 4.78 is 16.6. The van der Waals surface area contributed by atoms with E-state index in [4.69, 9.17) is 0 Å². The molecule has 7 nitrogen and oxygen atoms in total. The van der Waals surface area contributed by atoms with Crippen LogP contribution in [-0.4, -0.2) is 25.5 Å². The molecule has 0 radical (unpaired) electrons. The highest BCUT2D eigenvalue weighted by Crippen LogP contribution is 2.14. The summed E-state index contributed by atoms with van der Waals surface area (Å²) in [4.78, 5) is 25.2. The van der Waals surface area contributed by atoms with Gasteiger partial charge in [-0.25, -0.2) is 4.39 Å². The molecule has 0 bridgehead atoms. The van der Waals surface area contributed by atoms with Gasteiger partial charge in [-0.2, -0.15) is 10.2 Å². The Bertz CT molecular complexity index is 1290. The summed E-state index contributed by atoms with van der Waals surface area (Å²) in [6.45, 7) is 2.57. The van der Waals surface area contributed by atoms with Gasteiger partial charge in [-0.15, -0.1) is 0 Å². The molecule has 29 heavy (non-hydrogen) atoms. The van der Waals surface area contributed by atoms with Crippen molar-refractivity contribution in [3.8, 4) is 0 Å². The van der Waals surface area contributed by atoms with Gasteiger partial charge in [0.2, 0.25) is 5.43 Å². The smallest absolute Gasteiger partial charge is 0.280 e. The number of aromatic nitrogens is 4. The van der Waals surface area contributed by atoms with Gasteiger partial charge in [-0.3, -0.25) is 19.0 Å². The molecule has 8 heteroatoms. The third-order valence-corrected chi connectivity index (χ3v) is 4.72. The SMILES string of the molecule is Cc1ccccc1Cn1cc(NC(=O)c2nn(C)c3ccc(F)cc3c2=O)cn1. The average Bonchev–Trinajstić information content (AvgIpc) is 3.13. The molecule has 0 fully saturated rings. The summed E-state index contributed by atoms with van der Waals surface area (Å²) in [6.07, 6.45) is 3.18. The van der Waals surface area contributed by atoms with Crippen LogP contribution in [0.1, 0.15) is 21.6 Å². The van der Waals surface area contributed by atoms with E-state index < -0.39 is 17.2 Å². The van der Waals surface area contributed by atoms with Crippen molar-refractivity contribution in [2.24, 2.45) is 7.05 Å². The first kappa shape index (κ1) is 18.5. The lowest BCUT2D eigenvalue weighted by molar-refractivity contribution is 0.101. The van der Waals surface area contributed by atoms with Gasteiger partial charge in [0.1, 0.15) is 5.82 Å². The molecule has 0 aliphatic heterocycles. The predicted molar refractivity (Wildman–Crippen MR) is 107 cm³/mol. The van der Waals surface area contributed by atoms with Gasteiger partial charge < -0.3 is 5.32 Å². The van der Waals surface area contributed by atoms with E-state index in [1.165, 1.54) is 23.0 Å². The van der Waals surface area contributed by atoms with Crippen LogP contribution in [-0.2, 0) is 13.6 Å². The molecular formula is C21H18FN5O2. The van der Waals surface area contributed by atoms with Gasteiger partial charge in [0.25, 0.3) is 5.91 Å². The number of rotatable bonds is 4. The highest BCUT2D eigenvalue weighted by molar-refractivity contribution is 6.04.